The number of benzene rings is 1. The summed E-state index contributed by atoms with van der Waals surface area (Å²) in [6, 6.07) is 9.42. The minimum atomic E-state index is 0.307. The van der Waals surface area contributed by atoms with Gasteiger partial charge in [0.15, 0.2) is 5.75 Å². The fourth-order valence-corrected chi connectivity index (χ4v) is 0.780. The van der Waals surface area contributed by atoms with Crippen LogP contribution in [-0.4, -0.2) is 11.4 Å². The molecule has 1 unspecified atom stereocenters. The Labute approximate surface area is 80.6 Å². The van der Waals surface area contributed by atoms with Gasteiger partial charge in [-0.05, 0) is 12.1 Å². The van der Waals surface area contributed by atoms with E-state index in [2.05, 4.69) is 15.9 Å². The molecule has 0 aromatic heterocycles. The zero-order valence-corrected chi connectivity index (χ0v) is 8.45. The molecule has 0 amide bonds. The van der Waals surface area contributed by atoms with Crippen LogP contribution in [0.4, 0.5) is 0 Å². The summed E-state index contributed by atoms with van der Waals surface area (Å²) >= 11 is 3.34. The highest BCUT2D eigenvalue weighted by Crippen LogP contribution is 2.09. The maximum absolute atomic E-state index is 4.99. The number of alkyl halides is 1. The molecule has 1 aromatic rings. The second-order valence-corrected chi connectivity index (χ2v) is 4.02. The fraction of sp³-hybridized carbons (Fsp3) is 0.333. The average molecular weight is 231 g/mol. The Morgan fingerprint density at radius 2 is 2.00 bits per heavy atom. The summed E-state index contributed by atoms with van der Waals surface area (Å²) in [6.45, 7) is 2.53. The summed E-state index contributed by atoms with van der Waals surface area (Å²) in [5.74, 6) is 0.727. The molecule has 0 saturated carbocycles. The predicted octanol–water partition coefficient (Wildman–Crippen LogP) is 2.78. The third kappa shape index (κ3) is 3.74. The van der Waals surface area contributed by atoms with Crippen LogP contribution in [0, 0.1) is 0 Å². The molecule has 0 aliphatic rings. The lowest BCUT2D eigenvalue weighted by Crippen LogP contribution is -2.06. The van der Waals surface area contributed by atoms with Gasteiger partial charge in [-0.15, -0.1) is 0 Å². The monoisotopic (exact) mass is 230 g/mol. The highest BCUT2D eigenvalue weighted by molar-refractivity contribution is 9.09. The minimum absolute atomic E-state index is 0.307. The first-order valence-electron chi connectivity index (χ1n) is 3.77. The van der Waals surface area contributed by atoms with E-state index in [4.69, 9.17) is 9.78 Å². The molecule has 12 heavy (non-hydrogen) atoms. The third-order valence-electron chi connectivity index (χ3n) is 1.20. The van der Waals surface area contributed by atoms with Crippen molar-refractivity contribution in [3.05, 3.63) is 30.3 Å². The summed E-state index contributed by atoms with van der Waals surface area (Å²) in [6.07, 6.45) is 0. The van der Waals surface area contributed by atoms with Crippen molar-refractivity contribution in [1.29, 1.82) is 0 Å². The van der Waals surface area contributed by atoms with Crippen molar-refractivity contribution >= 4 is 15.9 Å². The molecule has 1 atom stereocenters. The van der Waals surface area contributed by atoms with E-state index in [1.807, 2.05) is 37.3 Å². The van der Waals surface area contributed by atoms with Crippen molar-refractivity contribution in [3.63, 3.8) is 0 Å². The normalized spacial score (nSPS) is 12.5. The van der Waals surface area contributed by atoms with Crippen LogP contribution in [0.5, 0.6) is 5.75 Å². The largest absolute Gasteiger partial charge is 0.338 e. The molecular formula is C9H11BrO2. The molecule has 0 aliphatic heterocycles. The predicted molar refractivity (Wildman–Crippen MR) is 51.4 cm³/mol. The van der Waals surface area contributed by atoms with E-state index < -0.39 is 0 Å². The number of para-hydroxylation sites is 1. The van der Waals surface area contributed by atoms with Gasteiger partial charge in [-0.2, -0.15) is 4.89 Å². The van der Waals surface area contributed by atoms with E-state index in [9.17, 15) is 0 Å². The van der Waals surface area contributed by atoms with Crippen molar-refractivity contribution < 1.29 is 9.78 Å². The smallest absolute Gasteiger partial charge is 0.165 e. The molecule has 1 aromatic carbocycles. The molecule has 3 heteroatoms. The maximum Gasteiger partial charge on any atom is 0.165 e. The highest BCUT2D eigenvalue weighted by atomic mass is 79.9. The van der Waals surface area contributed by atoms with Crippen molar-refractivity contribution in [2.45, 2.75) is 11.8 Å². The van der Waals surface area contributed by atoms with Gasteiger partial charge in [0.05, 0.1) is 0 Å². The molecule has 2 nitrogen and oxygen atoms in total. The van der Waals surface area contributed by atoms with Crippen LogP contribution >= 0.6 is 15.9 Å². The Bertz CT molecular complexity index is 211. The van der Waals surface area contributed by atoms with Crippen molar-refractivity contribution in [1.82, 2.24) is 0 Å². The van der Waals surface area contributed by atoms with E-state index in [-0.39, 0.29) is 0 Å². The Balaban J connectivity index is 2.25. The first-order chi connectivity index (χ1) is 5.79. The molecule has 0 saturated heterocycles. The van der Waals surface area contributed by atoms with E-state index in [0.717, 1.165) is 5.75 Å². The van der Waals surface area contributed by atoms with E-state index >= 15 is 0 Å². The molecule has 0 fully saturated rings. The Morgan fingerprint density at radius 1 is 1.33 bits per heavy atom. The van der Waals surface area contributed by atoms with Gasteiger partial charge in [-0.3, -0.25) is 0 Å². The lowest BCUT2D eigenvalue weighted by atomic mass is 10.3. The van der Waals surface area contributed by atoms with Gasteiger partial charge < -0.3 is 4.89 Å². The third-order valence-corrected chi connectivity index (χ3v) is 1.46. The number of rotatable bonds is 4. The van der Waals surface area contributed by atoms with E-state index in [1.54, 1.807) is 0 Å². The zero-order valence-electron chi connectivity index (χ0n) is 6.87. The average Bonchev–Trinajstić information content (AvgIpc) is 2.05. The van der Waals surface area contributed by atoms with Crippen LogP contribution < -0.4 is 4.89 Å². The van der Waals surface area contributed by atoms with Crippen molar-refractivity contribution in [3.8, 4) is 5.75 Å². The molecule has 0 radical (unpaired) electrons. The summed E-state index contributed by atoms with van der Waals surface area (Å²) < 4.78 is 0. The topological polar surface area (TPSA) is 18.5 Å². The van der Waals surface area contributed by atoms with Crippen LogP contribution in [0.2, 0.25) is 0 Å². The summed E-state index contributed by atoms with van der Waals surface area (Å²) in [5.41, 5.74) is 0. The van der Waals surface area contributed by atoms with E-state index in [0.29, 0.717) is 11.4 Å². The molecular weight excluding hydrogens is 220 g/mol. The summed E-state index contributed by atoms with van der Waals surface area (Å²) in [5, 5.41) is 0. The molecule has 66 valence electrons. The highest BCUT2D eigenvalue weighted by Gasteiger charge is 1.96. The summed E-state index contributed by atoms with van der Waals surface area (Å²) in [4.78, 5) is 10.2. The Hall–Kier alpha value is -0.540. The summed E-state index contributed by atoms with van der Waals surface area (Å²) in [7, 11) is 0. The zero-order chi connectivity index (χ0) is 8.81. The maximum atomic E-state index is 4.99. The van der Waals surface area contributed by atoms with Crippen molar-refractivity contribution in [2.24, 2.45) is 0 Å². The Kier molecular flexibility index (Phi) is 4.11. The van der Waals surface area contributed by atoms with Gasteiger partial charge in [0.25, 0.3) is 0 Å². The van der Waals surface area contributed by atoms with Gasteiger partial charge >= 0.3 is 0 Å². The lowest BCUT2D eigenvalue weighted by Gasteiger charge is -2.05. The first-order valence-corrected chi connectivity index (χ1v) is 4.69. The number of hydrogen-bond acceptors (Lipinski definition) is 2. The minimum Gasteiger partial charge on any atom is -0.338 e. The fourth-order valence-electron chi connectivity index (χ4n) is 0.672. The standard InChI is InChI=1S/C9H11BrO2/c1-8(10)7-11-12-9-5-3-2-4-6-9/h2-6,8H,7H2,1H3. The van der Waals surface area contributed by atoms with Crippen LogP contribution in [-0.2, 0) is 4.89 Å². The molecule has 1 rings (SSSR count). The quantitative estimate of drug-likeness (QED) is 0.450. The van der Waals surface area contributed by atoms with Gasteiger partial charge in [0, 0.05) is 4.83 Å². The van der Waals surface area contributed by atoms with Crippen molar-refractivity contribution in [2.75, 3.05) is 6.61 Å². The van der Waals surface area contributed by atoms with E-state index in [1.165, 1.54) is 0 Å². The molecule has 0 aliphatic carbocycles. The second-order valence-electron chi connectivity index (χ2n) is 2.46. The van der Waals surface area contributed by atoms with Gasteiger partial charge in [-0.1, -0.05) is 41.1 Å². The van der Waals surface area contributed by atoms with Gasteiger partial charge in [0.2, 0.25) is 0 Å². The van der Waals surface area contributed by atoms with Crippen LogP contribution in [0.25, 0.3) is 0 Å². The first kappa shape index (κ1) is 9.55. The van der Waals surface area contributed by atoms with Crippen LogP contribution in [0.15, 0.2) is 30.3 Å². The Morgan fingerprint density at radius 3 is 2.58 bits per heavy atom. The molecule has 0 spiro atoms. The SMILES string of the molecule is CC(Br)COOc1ccccc1. The lowest BCUT2D eigenvalue weighted by molar-refractivity contribution is -0.204. The number of hydrogen-bond donors (Lipinski definition) is 0. The molecule has 0 N–H and O–H groups in total. The molecule has 0 bridgehead atoms. The molecule has 0 heterocycles. The van der Waals surface area contributed by atoms with Gasteiger partial charge in [-0.25, -0.2) is 0 Å². The van der Waals surface area contributed by atoms with Crippen LogP contribution in [0.3, 0.4) is 0 Å². The number of halogens is 1. The second kappa shape index (κ2) is 5.17. The van der Waals surface area contributed by atoms with Crippen LogP contribution in [0.1, 0.15) is 6.92 Å². The van der Waals surface area contributed by atoms with Gasteiger partial charge in [0.1, 0.15) is 6.61 Å².